The van der Waals surface area contributed by atoms with Crippen LogP contribution in [0, 0.1) is 65.2 Å². The first-order valence-electron chi connectivity index (χ1n) is 38.4. The van der Waals surface area contributed by atoms with Crippen molar-refractivity contribution in [3.8, 4) is 0 Å². The second kappa shape index (κ2) is 34.4. The molecule has 0 amide bonds. The minimum Gasteiger partial charge on any atom is -0.346 e. The van der Waals surface area contributed by atoms with Crippen molar-refractivity contribution in [2.75, 3.05) is 31.9 Å². The van der Waals surface area contributed by atoms with Gasteiger partial charge in [0.25, 0.3) is 0 Å². The quantitative estimate of drug-likeness (QED) is 0.0978. The number of benzene rings is 9. The minimum absolute atomic E-state index is 0.0367. The van der Waals surface area contributed by atoms with Crippen LogP contribution in [0.15, 0.2) is 236 Å². The summed E-state index contributed by atoms with van der Waals surface area (Å²) in [5, 5.41) is 23.4. The monoisotopic (exact) mass is 1690 g/mol. The van der Waals surface area contributed by atoms with Crippen molar-refractivity contribution in [2.45, 2.75) is 104 Å². The highest BCUT2D eigenvalue weighted by Crippen LogP contribution is 2.49. The summed E-state index contributed by atoms with van der Waals surface area (Å²) in [5.41, 5.74) is 21.4. The van der Waals surface area contributed by atoms with E-state index in [1.807, 2.05) is 113 Å². The van der Waals surface area contributed by atoms with Gasteiger partial charge in [0, 0.05) is 143 Å². The number of aryl methyl sites for hydroxylation is 8. The fraction of sp³-hybridized carbons (Fsp3) is 0.170. The van der Waals surface area contributed by atoms with Crippen molar-refractivity contribution in [1.82, 2.24) is 0 Å². The van der Waals surface area contributed by atoms with Crippen LogP contribution in [-0.4, -0.2) is 38.0 Å². The first-order chi connectivity index (χ1) is 57.0. The molecule has 6 aromatic heterocycles. The van der Waals surface area contributed by atoms with Crippen LogP contribution in [0.25, 0.3) is 30.3 Å². The Labute approximate surface area is 711 Å². The molecule has 6 unspecified atom stereocenters. The van der Waals surface area contributed by atoms with Gasteiger partial charge in [0.15, 0.2) is 5.13 Å². The fourth-order valence-electron chi connectivity index (χ4n) is 16.4. The molecular weight excluding hydrogens is 1620 g/mol. The molecule has 117 heavy (non-hydrogen) atoms. The predicted octanol–water partition coefficient (Wildman–Crippen LogP) is 27.6. The molecule has 23 heteroatoms. The molecular formula is C94H79Cl2F3N12S6. The summed E-state index contributed by atoms with van der Waals surface area (Å²) in [6.45, 7) is 15.1. The number of fused-ring (bicyclic) bond motifs is 10. The normalized spacial score (nSPS) is 17.5. The molecule has 9 aromatic carbocycles. The summed E-state index contributed by atoms with van der Waals surface area (Å²) < 4.78 is 44.5. The molecule has 0 spiro atoms. The van der Waals surface area contributed by atoms with E-state index in [4.69, 9.17) is 28.2 Å². The van der Waals surface area contributed by atoms with E-state index in [2.05, 4.69) is 208 Å². The van der Waals surface area contributed by atoms with Gasteiger partial charge in [-0.2, -0.15) is 4.39 Å². The third kappa shape index (κ3) is 16.2. The topological polar surface area (TPSA) is 146 Å². The molecule has 6 atom stereocenters. The zero-order valence-electron chi connectivity index (χ0n) is 64.7. The van der Waals surface area contributed by atoms with Crippen molar-refractivity contribution in [3.63, 3.8) is 0 Å². The fourth-order valence-corrected chi connectivity index (χ4v) is 23.2. The van der Waals surface area contributed by atoms with Gasteiger partial charge in [-0.1, -0.05) is 145 Å². The van der Waals surface area contributed by atoms with E-state index in [0.717, 1.165) is 70.0 Å². The molecule has 1 aliphatic carbocycles. The molecule has 586 valence electrons. The van der Waals surface area contributed by atoms with Crippen LogP contribution in [0.3, 0.4) is 0 Å². The van der Waals surface area contributed by atoms with Crippen LogP contribution in [0.2, 0.25) is 10.0 Å². The van der Waals surface area contributed by atoms with E-state index < -0.39 is 6.04 Å². The maximum atomic E-state index is 14.4. The highest BCUT2D eigenvalue weighted by atomic mass is 35.5. The first-order valence-corrected chi connectivity index (χ1v) is 44.1. The van der Waals surface area contributed by atoms with E-state index in [-0.39, 0.29) is 47.0 Å². The van der Waals surface area contributed by atoms with Gasteiger partial charge in [-0.05, 0) is 186 Å². The summed E-state index contributed by atoms with van der Waals surface area (Å²) in [6, 6.07) is 66.9. The molecule has 15 aromatic rings. The Morgan fingerprint density at radius 3 is 1.24 bits per heavy atom. The molecule has 7 aliphatic rings. The van der Waals surface area contributed by atoms with E-state index >= 15 is 0 Å². The van der Waals surface area contributed by atoms with E-state index in [1.165, 1.54) is 155 Å². The zero-order chi connectivity index (χ0) is 80.5. The van der Waals surface area contributed by atoms with E-state index in [9.17, 15) is 13.2 Å². The number of hydrogen-bond donors (Lipinski definition) is 6. The Hall–Kier alpha value is -10.9. The number of rotatable bonds is 6. The van der Waals surface area contributed by atoms with Gasteiger partial charge in [0.1, 0.15) is 47.9 Å². The number of thiophene rings is 6. The molecule has 6 N–H and O–H groups in total. The van der Waals surface area contributed by atoms with Crippen molar-refractivity contribution >= 4 is 194 Å². The number of hydrogen-bond acceptors (Lipinski definition) is 18. The minimum atomic E-state index is -0.446. The zero-order valence-corrected chi connectivity index (χ0v) is 71.1. The van der Waals surface area contributed by atoms with E-state index in [1.54, 1.807) is 64.5 Å². The lowest BCUT2D eigenvalue weighted by Crippen LogP contribution is -2.12. The highest BCUT2D eigenvalue weighted by Gasteiger charge is 2.32. The van der Waals surface area contributed by atoms with Crippen LogP contribution in [-0.2, 0) is 12.8 Å². The second-order valence-corrected chi connectivity index (χ2v) is 37.6. The molecule has 0 saturated heterocycles. The Morgan fingerprint density at radius 1 is 0.316 bits per heavy atom. The maximum Gasteiger partial charge on any atom is 0.183 e. The van der Waals surface area contributed by atoms with Crippen LogP contribution in [0.1, 0.15) is 154 Å². The van der Waals surface area contributed by atoms with Gasteiger partial charge in [0.2, 0.25) is 0 Å². The summed E-state index contributed by atoms with van der Waals surface area (Å²) in [6.07, 6.45) is 14.2. The Balaban J connectivity index is 0.000000101. The molecule has 12 nitrogen and oxygen atoms in total. The lowest BCUT2D eigenvalue weighted by Gasteiger charge is -2.22. The standard InChI is InChI=1S/C17H13ClN2S.C17H13FN2S.C16H10F2N2S.C16H16N2S.C14H13ClN2S.C14H14N2S/c1-10-15(12-6-4-7-13(18)17(12)21-10)16-11-5-2-3-8-14(11)19-9-20-16;1-10-16(13-4-2-3-5-15(13)21-10)17-12-7-6-11(18)8-14(12)19-9-20-17;17-9-5-6-10-12(7-9)19-8-20-15(10)14-11-3-1-2-4-13(11)21-16(14)18;1-10-15(12-6-4-8-14(12)19-10)16-11-5-2-3-7-13(11)17-9-18-16;1-8-5-12(9(2)18-8)14-11-4-3-10(15)6-13(11)16-7-17-14;1-9-7-12(10(2)17-9)14-11-5-3-4-6-13(11)15-8-16-14/h2-9,16H,1H3,(H,19,20);2-9,17H,1H3,(H,19,20);1-8,15H,(H,19,20);2-3,5,7,9,16H,4,6,8H2,1H3,(H,17,18);3-7,14H,1-2H3,(H,16,17);3-8,14H,1-2H3,(H,15,16). The molecule has 0 radical (unpaired) electrons. The summed E-state index contributed by atoms with van der Waals surface area (Å²) >= 11 is 22.7. The third-order valence-corrected chi connectivity index (χ3v) is 28.7. The second-order valence-electron chi connectivity index (χ2n) is 29.0. The first kappa shape index (κ1) is 78.7. The van der Waals surface area contributed by atoms with Crippen molar-refractivity contribution in [2.24, 2.45) is 30.0 Å². The average molecular weight is 1700 g/mol. The molecule has 6 aliphatic heterocycles. The summed E-state index contributed by atoms with van der Waals surface area (Å²) in [7, 11) is 0. The van der Waals surface area contributed by atoms with Gasteiger partial charge in [-0.15, -0.1) is 68.0 Å². The smallest absolute Gasteiger partial charge is 0.183 e. The lowest BCUT2D eigenvalue weighted by atomic mass is 9.93. The maximum absolute atomic E-state index is 14.4. The SMILES string of the molecule is Cc1cc(C2N=CNc3cc(Cl)ccc32)c(C)s1.Cc1cc(C2N=CNc3ccccc32)c(C)s1.Cc1sc2c(Cl)cccc2c1C1N=CNc2ccccc21.Cc1sc2c(c1C1N=CNc3ccccc31)CCC2.Cc1sc2ccccc2c1C1N=CNc2cc(F)ccc21.Fc1ccc2c(c1)NC=NC2c1c(F)sc2ccccc12. The van der Waals surface area contributed by atoms with E-state index in [0.29, 0.717) is 11.3 Å². The number of para-hydroxylation sites is 3. The highest BCUT2D eigenvalue weighted by molar-refractivity contribution is 7.20. The van der Waals surface area contributed by atoms with Crippen LogP contribution >= 0.6 is 91.2 Å². The van der Waals surface area contributed by atoms with Crippen molar-refractivity contribution < 1.29 is 13.2 Å². The number of nitrogens with one attached hydrogen (secondary N) is 6. The molecule has 0 saturated carbocycles. The molecule has 0 bridgehead atoms. The predicted molar refractivity (Wildman–Crippen MR) is 496 cm³/mol. The Kier molecular flexibility index (Phi) is 23.1. The van der Waals surface area contributed by atoms with Crippen LogP contribution in [0.4, 0.5) is 47.3 Å². The number of halogens is 5. The van der Waals surface area contributed by atoms with Crippen LogP contribution in [0.5, 0.6) is 0 Å². The van der Waals surface area contributed by atoms with Gasteiger partial charge >= 0.3 is 0 Å². The van der Waals surface area contributed by atoms with Gasteiger partial charge in [0.05, 0.1) is 47.8 Å². The number of aliphatic imine (C=N–C) groups is 6. The van der Waals surface area contributed by atoms with Gasteiger partial charge in [-0.3, -0.25) is 30.0 Å². The largest absolute Gasteiger partial charge is 0.346 e. The van der Waals surface area contributed by atoms with Gasteiger partial charge < -0.3 is 31.9 Å². The summed E-state index contributed by atoms with van der Waals surface area (Å²) in [5.74, 6) is -0.562. The number of anilines is 6. The molecule has 12 heterocycles. The Morgan fingerprint density at radius 2 is 0.709 bits per heavy atom. The lowest BCUT2D eigenvalue weighted by molar-refractivity contribution is 0.623. The third-order valence-electron chi connectivity index (χ3n) is 21.6. The molecule has 0 fully saturated rings. The van der Waals surface area contributed by atoms with Gasteiger partial charge in [-0.25, -0.2) is 8.78 Å². The van der Waals surface area contributed by atoms with Crippen molar-refractivity contribution in [3.05, 3.63) is 344 Å². The molecule has 22 rings (SSSR count). The average Bonchev–Trinajstić information content (AvgIpc) is 1.64. The summed E-state index contributed by atoms with van der Waals surface area (Å²) in [4.78, 5) is 38.5. The van der Waals surface area contributed by atoms with Crippen LogP contribution < -0.4 is 31.9 Å². The number of nitrogens with zero attached hydrogens (tertiary/aromatic N) is 6. The Bertz CT molecular complexity index is 6330. The van der Waals surface area contributed by atoms with Crippen molar-refractivity contribution in [1.29, 1.82) is 0 Å².